The third-order valence-electron chi connectivity index (χ3n) is 10.4. The predicted octanol–water partition coefficient (Wildman–Crippen LogP) is 2.14. The number of rotatable bonds is 75. The summed E-state index contributed by atoms with van der Waals surface area (Å²) >= 11 is 0. The van der Waals surface area contributed by atoms with Crippen molar-refractivity contribution in [1.82, 2.24) is 0 Å². The Balaban J connectivity index is 1.60. The molecule has 0 spiro atoms. The maximum absolute atomic E-state index is 11.7. The molecule has 0 saturated heterocycles. The molecule has 88 heavy (non-hydrogen) atoms. The number of nitro groups is 1. The molecule has 0 aliphatic carbocycles. The fourth-order valence-electron chi connectivity index (χ4n) is 6.13. The van der Waals surface area contributed by atoms with Crippen molar-refractivity contribution in [3.8, 4) is 18.1 Å². The molecular weight excluding hydrogens is 1170 g/mol. The topological polar surface area (TPSA) is 300 Å². The molecule has 0 amide bonds. The van der Waals surface area contributed by atoms with Crippen molar-refractivity contribution in [3.63, 3.8) is 0 Å². The Morgan fingerprint density at radius 2 is 0.443 bits per heavy atom. The standard InChI is InChI=1S/C58H103NO29/c1-2-7-63-8-9-64-10-11-65-12-13-66-14-15-67-16-17-68-18-19-69-20-21-70-22-23-71-24-25-72-26-27-73-28-29-74-30-31-75-32-33-76-34-35-77-36-37-78-38-39-79-40-41-80-42-43-81-44-45-82-46-47-83-48-49-84-50-51-85-52-53-86-54-55-87-58(60)88-57-5-3-56(4-6-57)59(61)62/h1,3-6H,7-55H2. The second kappa shape index (κ2) is 72.6. The zero-order valence-corrected chi connectivity index (χ0v) is 51.8. The molecular formula is C58H103NO29. The fourth-order valence-corrected chi connectivity index (χ4v) is 6.13. The Morgan fingerprint density at radius 1 is 0.284 bits per heavy atom. The van der Waals surface area contributed by atoms with Crippen LogP contribution in [-0.4, -0.2) is 335 Å². The number of benzene rings is 1. The Kier molecular flexibility index (Phi) is 68.0. The van der Waals surface area contributed by atoms with Crippen LogP contribution in [0, 0.1) is 22.5 Å². The van der Waals surface area contributed by atoms with Gasteiger partial charge in [-0.25, -0.2) is 4.79 Å². The molecule has 0 radical (unpaired) electrons. The van der Waals surface area contributed by atoms with Crippen molar-refractivity contribution in [1.29, 1.82) is 0 Å². The molecule has 1 aromatic carbocycles. The Bertz CT molecular complexity index is 1610. The normalized spacial score (nSPS) is 11.4. The summed E-state index contributed by atoms with van der Waals surface area (Å²) in [4.78, 5) is 21.8. The molecule has 0 atom stereocenters. The SMILES string of the molecule is C#CCOCCOCCOCCOCCOCCOCCOCCOCCOCCOCCOCCOCCOCCOCCOCCOCCOCCOCCOCCOCCOCCOCCOCCOCCOC(=O)Oc1ccc([N+](=O)[O-])cc1. The minimum absolute atomic E-state index is 0.0180. The van der Waals surface area contributed by atoms with Gasteiger partial charge >= 0.3 is 6.16 Å². The van der Waals surface area contributed by atoms with Crippen molar-refractivity contribution in [2.24, 2.45) is 0 Å². The van der Waals surface area contributed by atoms with Gasteiger partial charge in [-0.3, -0.25) is 10.1 Å². The van der Waals surface area contributed by atoms with Crippen LogP contribution >= 0.6 is 0 Å². The first kappa shape index (κ1) is 82.5. The van der Waals surface area contributed by atoms with E-state index in [0.717, 1.165) is 0 Å². The van der Waals surface area contributed by atoms with Gasteiger partial charge in [-0.1, -0.05) is 5.92 Å². The van der Waals surface area contributed by atoms with E-state index in [4.69, 9.17) is 130 Å². The monoisotopic (exact) mass is 1280 g/mol. The van der Waals surface area contributed by atoms with Gasteiger partial charge in [0.25, 0.3) is 5.69 Å². The van der Waals surface area contributed by atoms with Crippen molar-refractivity contribution in [3.05, 3.63) is 34.4 Å². The molecule has 0 N–H and O–H groups in total. The number of hydrogen-bond acceptors (Lipinski definition) is 29. The van der Waals surface area contributed by atoms with Gasteiger partial charge in [0.05, 0.1) is 315 Å². The summed E-state index contributed by atoms with van der Waals surface area (Å²) in [7, 11) is 0. The Hall–Kier alpha value is -3.51. The highest BCUT2D eigenvalue weighted by atomic mass is 16.7. The first-order valence-electron chi connectivity index (χ1n) is 30.0. The van der Waals surface area contributed by atoms with Crippen LogP contribution in [0.4, 0.5) is 10.5 Å². The van der Waals surface area contributed by atoms with Gasteiger partial charge in [-0.15, -0.1) is 6.42 Å². The number of terminal acetylenes is 1. The fraction of sp³-hybridized carbons (Fsp3) is 0.845. The van der Waals surface area contributed by atoms with Crippen LogP contribution in [0.25, 0.3) is 0 Å². The molecule has 1 aromatic rings. The summed E-state index contributed by atoms with van der Waals surface area (Å²) in [6, 6.07) is 5.06. The number of non-ortho nitro benzene ring substituents is 1. The highest BCUT2D eigenvalue weighted by Crippen LogP contribution is 2.17. The maximum Gasteiger partial charge on any atom is 0.513 e. The molecule has 0 aliphatic rings. The summed E-state index contributed by atoms with van der Waals surface area (Å²) in [6.45, 7) is 21.8. The number of hydrogen-bond donors (Lipinski definition) is 0. The van der Waals surface area contributed by atoms with Crippen molar-refractivity contribution in [2.45, 2.75) is 0 Å². The molecule has 1 rings (SSSR count). The number of nitrogens with zero attached hydrogens (tertiary/aromatic N) is 1. The number of nitro benzene ring substituents is 1. The second-order valence-corrected chi connectivity index (χ2v) is 17.3. The number of ether oxygens (including phenoxy) is 26. The lowest BCUT2D eigenvalue weighted by Gasteiger charge is -2.09. The maximum atomic E-state index is 11.7. The lowest BCUT2D eigenvalue weighted by Crippen LogP contribution is -2.16. The lowest BCUT2D eigenvalue weighted by molar-refractivity contribution is -0.384. The Morgan fingerprint density at radius 3 is 0.602 bits per heavy atom. The highest BCUT2D eigenvalue weighted by Gasteiger charge is 2.10. The van der Waals surface area contributed by atoms with Crippen LogP contribution in [0.5, 0.6) is 5.75 Å². The van der Waals surface area contributed by atoms with E-state index in [1.807, 2.05) is 0 Å². The number of carbonyl (C=O) groups is 1. The molecule has 0 fully saturated rings. The van der Waals surface area contributed by atoms with E-state index in [-0.39, 0.29) is 24.7 Å². The van der Waals surface area contributed by atoms with Gasteiger partial charge in [0.15, 0.2) is 0 Å². The number of carbonyl (C=O) groups excluding carboxylic acids is 1. The second-order valence-electron chi connectivity index (χ2n) is 17.3. The summed E-state index contributed by atoms with van der Waals surface area (Å²) in [5, 5.41) is 10.7. The van der Waals surface area contributed by atoms with Gasteiger partial charge in [0, 0.05) is 12.1 Å². The molecule has 0 saturated carbocycles. The van der Waals surface area contributed by atoms with Gasteiger partial charge in [-0.2, -0.15) is 0 Å². The van der Waals surface area contributed by atoms with Crippen LogP contribution in [0.1, 0.15) is 0 Å². The van der Waals surface area contributed by atoms with Gasteiger partial charge in [0.1, 0.15) is 19.0 Å². The minimum atomic E-state index is -0.934. The first-order chi connectivity index (χ1) is 43.6. The van der Waals surface area contributed by atoms with Crippen LogP contribution in [-0.2, 0) is 118 Å². The van der Waals surface area contributed by atoms with Crippen LogP contribution in [0.15, 0.2) is 24.3 Å². The van der Waals surface area contributed by atoms with E-state index in [0.29, 0.717) is 311 Å². The summed E-state index contributed by atoms with van der Waals surface area (Å²) in [6.07, 6.45) is 4.16. The molecule has 0 heterocycles. The third-order valence-corrected chi connectivity index (χ3v) is 10.4. The molecule has 30 heteroatoms. The lowest BCUT2D eigenvalue weighted by atomic mass is 10.3. The highest BCUT2D eigenvalue weighted by molar-refractivity contribution is 5.63. The van der Waals surface area contributed by atoms with Gasteiger partial charge in [-0.05, 0) is 12.1 Å². The van der Waals surface area contributed by atoms with Crippen molar-refractivity contribution in [2.75, 3.05) is 324 Å². The van der Waals surface area contributed by atoms with E-state index >= 15 is 0 Å². The van der Waals surface area contributed by atoms with Crippen molar-refractivity contribution >= 4 is 11.8 Å². The summed E-state index contributed by atoms with van der Waals surface area (Å²) in [5.41, 5.74) is -0.112. The van der Waals surface area contributed by atoms with E-state index in [9.17, 15) is 14.9 Å². The smallest absolute Gasteiger partial charge is 0.432 e. The molecule has 514 valence electrons. The average molecular weight is 1280 g/mol. The summed E-state index contributed by atoms with van der Waals surface area (Å²) in [5.74, 6) is 2.53. The molecule has 30 nitrogen and oxygen atoms in total. The van der Waals surface area contributed by atoms with Crippen LogP contribution in [0.3, 0.4) is 0 Å². The van der Waals surface area contributed by atoms with E-state index in [1.54, 1.807) is 0 Å². The minimum Gasteiger partial charge on any atom is -0.432 e. The molecule has 0 aromatic heterocycles. The van der Waals surface area contributed by atoms with Gasteiger partial charge < -0.3 is 123 Å². The molecule has 0 aliphatic heterocycles. The Labute approximate surface area is 519 Å². The van der Waals surface area contributed by atoms with E-state index in [2.05, 4.69) is 5.92 Å². The zero-order valence-electron chi connectivity index (χ0n) is 51.8. The predicted molar refractivity (Wildman–Crippen MR) is 314 cm³/mol. The third kappa shape index (κ3) is 66.9. The van der Waals surface area contributed by atoms with Crippen LogP contribution in [0.2, 0.25) is 0 Å². The zero-order chi connectivity index (χ0) is 62.9. The van der Waals surface area contributed by atoms with E-state index < -0.39 is 11.1 Å². The van der Waals surface area contributed by atoms with Crippen LogP contribution < -0.4 is 4.74 Å². The van der Waals surface area contributed by atoms with Crippen molar-refractivity contribution < 1.29 is 133 Å². The molecule has 0 unspecified atom stereocenters. The molecule has 0 bridgehead atoms. The van der Waals surface area contributed by atoms with Gasteiger partial charge in [0.2, 0.25) is 0 Å². The van der Waals surface area contributed by atoms with E-state index in [1.165, 1.54) is 24.3 Å². The first-order valence-corrected chi connectivity index (χ1v) is 30.0. The average Bonchev–Trinajstić information content (AvgIpc) is 3.62. The quantitative estimate of drug-likeness (QED) is 0.0225. The summed E-state index contributed by atoms with van der Waals surface area (Å²) < 4.78 is 141. The largest absolute Gasteiger partial charge is 0.513 e.